The fraction of sp³-hybridized carbons (Fsp3) is 0.286. The minimum atomic E-state index is -4.97. The molecule has 2 N–H and O–H groups in total. The molecule has 0 aliphatic heterocycles. The van der Waals surface area contributed by atoms with Crippen molar-refractivity contribution in [1.82, 2.24) is 4.57 Å². The predicted molar refractivity (Wildman–Crippen MR) is 76.4 cm³/mol. The Morgan fingerprint density at radius 1 is 1.38 bits per heavy atom. The van der Waals surface area contributed by atoms with Crippen LogP contribution in [-0.2, 0) is 11.8 Å². The lowest BCUT2D eigenvalue weighted by molar-refractivity contribution is -0.100. The highest BCUT2D eigenvalue weighted by molar-refractivity contribution is 6.03. The zero-order chi connectivity index (χ0) is 18.2. The number of pyridine rings is 1. The maximum absolute atomic E-state index is 13.8. The molecule has 0 amide bonds. The highest BCUT2D eigenvalue weighted by Gasteiger charge is 2.31. The van der Waals surface area contributed by atoms with Gasteiger partial charge in [-0.25, -0.2) is 9.18 Å². The molecule has 2 aromatic rings. The first-order valence-electron chi connectivity index (χ1n) is 6.64. The quantitative estimate of drug-likeness (QED) is 0.506. The van der Waals surface area contributed by atoms with Crippen molar-refractivity contribution >= 4 is 22.6 Å². The van der Waals surface area contributed by atoms with E-state index in [2.05, 4.69) is 4.74 Å². The number of halogens is 4. The second-order valence-electron chi connectivity index (χ2n) is 4.75. The van der Waals surface area contributed by atoms with Crippen LogP contribution in [0.3, 0.4) is 0 Å². The van der Waals surface area contributed by atoms with E-state index in [9.17, 15) is 32.3 Å². The molecule has 0 bridgehead atoms. The van der Waals surface area contributed by atoms with Crippen molar-refractivity contribution < 1.29 is 32.2 Å². The maximum atomic E-state index is 13.8. The van der Waals surface area contributed by atoms with Crippen LogP contribution in [0.2, 0.25) is 0 Å². The van der Waals surface area contributed by atoms with Crippen molar-refractivity contribution in [2.75, 3.05) is 11.9 Å². The molecule has 0 saturated carbocycles. The number of rotatable bonds is 3. The van der Waals surface area contributed by atoms with Gasteiger partial charge in [-0.2, -0.15) is 13.2 Å². The molecule has 1 heterocycles. The summed E-state index contributed by atoms with van der Waals surface area (Å²) in [5.41, 5.74) is -3.43. The Kier molecular flexibility index (Phi) is 4.41. The number of aromatic nitrogens is 1. The Morgan fingerprint density at radius 2 is 2.00 bits per heavy atom. The van der Waals surface area contributed by atoms with E-state index in [0.29, 0.717) is 10.6 Å². The normalized spacial score (nSPS) is 11.6. The zero-order valence-corrected chi connectivity index (χ0v) is 12.5. The fourth-order valence-electron chi connectivity index (χ4n) is 2.26. The number of aryl methyl sites for hydroxylation is 1. The van der Waals surface area contributed by atoms with Crippen LogP contribution in [0.25, 0.3) is 10.9 Å². The summed E-state index contributed by atoms with van der Waals surface area (Å²) in [5, 5.41) is 10.8. The number of alkyl halides is 3. The molecular formula is C14H12F4N2O4. The van der Waals surface area contributed by atoms with Gasteiger partial charge >= 0.3 is 12.3 Å². The Morgan fingerprint density at radius 3 is 2.54 bits per heavy atom. The first-order chi connectivity index (χ1) is 11.1. The third-order valence-electron chi connectivity index (χ3n) is 3.22. The van der Waals surface area contributed by atoms with Gasteiger partial charge in [-0.15, -0.1) is 0 Å². The lowest BCUT2D eigenvalue weighted by Gasteiger charge is -2.17. The minimum Gasteiger partial charge on any atom is -0.506 e. The molecule has 0 unspecified atom stereocenters. The molecule has 6 nitrogen and oxygen atoms in total. The molecule has 0 aliphatic carbocycles. The van der Waals surface area contributed by atoms with Gasteiger partial charge in [-0.05, 0) is 19.1 Å². The van der Waals surface area contributed by atoms with Crippen molar-refractivity contribution in [2.45, 2.75) is 13.2 Å². The Bertz CT molecular complexity index is 874. The second-order valence-corrected chi connectivity index (χ2v) is 4.75. The smallest absolute Gasteiger partial charge is 0.482 e. The number of nitrogens with zero attached hydrogens (tertiary/aromatic N) is 1. The van der Waals surface area contributed by atoms with Gasteiger partial charge in [0.05, 0.1) is 12.1 Å². The van der Waals surface area contributed by atoms with Gasteiger partial charge in [0.1, 0.15) is 17.3 Å². The van der Waals surface area contributed by atoms with E-state index in [4.69, 9.17) is 0 Å². The molecule has 1 aromatic carbocycles. The number of benzene rings is 1. The molecule has 0 atom stereocenters. The first kappa shape index (κ1) is 17.6. The van der Waals surface area contributed by atoms with Crippen LogP contribution >= 0.6 is 0 Å². The number of carbonyl (C=O) groups is 1. The molecule has 24 heavy (non-hydrogen) atoms. The van der Waals surface area contributed by atoms with Gasteiger partial charge in [0.15, 0.2) is 5.56 Å². The SMILES string of the molecule is CCOC(=O)c1c(O)c2ccc(F)c(NC(F)(F)F)c2n(C)c1=O. The number of nitrogens with one attached hydrogen (secondary N) is 1. The van der Waals surface area contributed by atoms with Crippen molar-refractivity contribution in [3.63, 3.8) is 0 Å². The molecule has 0 spiro atoms. The average molecular weight is 348 g/mol. The molecule has 0 saturated heterocycles. The number of anilines is 1. The monoisotopic (exact) mass is 348 g/mol. The van der Waals surface area contributed by atoms with Crippen molar-refractivity contribution in [3.05, 3.63) is 33.9 Å². The van der Waals surface area contributed by atoms with E-state index in [1.165, 1.54) is 6.92 Å². The van der Waals surface area contributed by atoms with E-state index in [0.717, 1.165) is 18.4 Å². The molecule has 130 valence electrons. The Labute approximate surface area is 132 Å². The summed E-state index contributed by atoms with van der Waals surface area (Å²) >= 11 is 0. The molecule has 0 aliphatic rings. The minimum absolute atomic E-state index is 0.0796. The summed E-state index contributed by atoms with van der Waals surface area (Å²) in [4.78, 5) is 24.0. The van der Waals surface area contributed by atoms with Gasteiger partial charge < -0.3 is 14.4 Å². The van der Waals surface area contributed by atoms with Crippen LogP contribution in [0.4, 0.5) is 23.2 Å². The van der Waals surface area contributed by atoms with Crippen molar-refractivity contribution in [3.8, 4) is 5.75 Å². The lowest BCUT2D eigenvalue weighted by Crippen LogP contribution is -2.28. The van der Waals surface area contributed by atoms with Crippen LogP contribution < -0.4 is 10.9 Å². The summed E-state index contributed by atoms with van der Waals surface area (Å²) in [6.45, 7) is 1.39. The zero-order valence-electron chi connectivity index (χ0n) is 12.5. The van der Waals surface area contributed by atoms with E-state index in [-0.39, 0.29) is 12.0 Å². The van der Waals surface area contributed by atoms with Crippen molar-refractivity contribution in [2.24, 2.45) is 7.05 Å². The molecule has 1 aromatic heterocycles. The standard InChI is InChI=1S/C14H12F4N2O4/c1-3-24-13(23)8-11(21)6-4-5-7(15)9(19-14(16,17)18)10(6)20(2)12(8)22/h4-5,19,21H,3H2,1-2H3. The van der Waals surface area contributed by atoms with Gasteiger partial charge in [0, 0.05) is 12.4 Å². The molecule has 10 heteroatoms. The van der Waals surface area contributed by atoms with Crippen LogP contribution in [-0.4, -0.2) is 28.6 Å². The molecular weight excluding hydrogens is 336 g/mol. The predicted octanol–water partition coefficient (Wildman–Crippen LogP) is 2.49. The number of aromatic hydroxyl groups is 1. The maximum Gasteiger partial charge on any atom is 0.482 e. The molecule has 0 radical (unpaired) electrons. The van der Waals surface area contributed by atoms with Gasteiger partial charge in [0.25, 0.3) is 5.56 Å². The number of ether oxygens (including phenoxy) is 1. The topological polar surface area (TPSA) is 80.6 Å². The number of hydrogen-bond acceptors (Lipinski definition) is 5. The largest absolute Gasteiger partial charge is 0.506 e. The summed E-state index contributed by atoms with van der Waals surface area (Å²) in [7, 11) is 1.05. The van der Waals surface area contributed by atoms with Gasteiger partial charge in [-0.3, -0.25) is 10.1 Å². The Balaban J connectivity index is 2.88. The van der Waals surface area contributed by atoms with Gasteiger partial charge in [-0.1, -0.05) is 0 Å². The Hall–Kier alpha value is -2.78. The highest BCUT2D eigenvalue weighted by Crippen LogP contribution is 2.35. The van der Waals surface area contributed by atoms with E-state index in [1.807, 2.05) is 0 Å². The fourth-order valence-corrected chi connectivity index (χ4v) is 2.26. The summed E-state index contributed by atoms with van der Waals surface area (Å²) in [5.74, 6) is -3.29. The summed E-state index contributed by atoms with van der Waals surface area (Å²) in [6.07, 6.45) is -4.97. The highest BCUT2D eigenvalue weighted by atomic mass is 19.4. The van der Waals surface area contributed by atoms with Crippen molar-refractivity contribution in [1.29, 1.82) is 0 Å². The number of esters is 1. The molecule has 0 fully saturated rings. The van der Waals surface area contributed by atoms with Crippen LogP contribution in [0, 0.1) is 5.82 Å². The summed E-state index contributed by atoms with van der Waals surface area (Å²) < 4.78 is 56.9. The van der Waals surface area contributed by atoms with Crippen LogP contribution in [0.5, 0.6) is 5.75 Å². The number of carbonyl (C=O) groups excluding carboxylic acids is 1. The average Bonchev–Trinajstić information content (AvgIpc) is 2.46. The van der Waals surface area contributed by atoms with Crippen LogP contribution in [0.1, 0.15) is 17.3 Å². The van der Waals surface area contributed by atoms with E-state index >= 15 is 0 Å². The first-order valence-corrected chi connectivity index (χ1v) is 6.64. The summed E-state index contributed by atoms with van der Waals surface area (Å²) in [6, 6.07) is 1.64. The molecule has 2 rings (SSSR count). The third-order valence-corrected chi connectivity index (χ3v) is 3.22. The third kappa shape index (κ3) is 2.99. The second kappa shape index (κ2) is 6.02. The number of hydrogen-bond donors (Lipinski definition) is 2. The number of fused-ring (bicyclic) bond motifs is 1. The van der Waals surface area contributed by atoms with E-state index in [1.54, 1.807) is 0 Å². The van der Waals surface area contributed by atoms with E-state index < -0.39 is 46.2 Å². The van der Waals surface area contributed by atoms with Crippen LogP contribution in [0.15, 0.2) is 16.9 Å². The lowest BCUT2D eigenvalue weighted by atomic mass is 10.1. The van der Waals surface area contributed by atoms with Gasteiger partial charge in [0.2, 0.25) is 0 Å².